The van der Waals surface area contributed by atoms with E-state index in [1.54, 1.807) is 11.0 Å². The van der Waals surface area contributed by atoms with E-state index in [-0.39, 0.29) is 30.8 Å². The van der Waals surface area contributed by atoms with Crippen LogP contribution in [0.4, 0.5) is 5.69 Å². The number of carbonyl (C=O) groups excluding carboxylic acids is 2. The van der Waals surface area contributed by atoms with Gasteiger partial charge in [0.1, 0.15) is 6.04 Å². The van der Waals surface area contributed by atoms with Crippen LogP contribution in [0.3, 0.4) is 0 Å². The lowest BCUT2D eigenvalue weighted by Crippen LogP contribution is -2.50. The lowest BCUT2D eigenvalue weighted by Gasteiger charge is -2.32. The smallest absolute Gasteiger partial charge is 0.243 e. The molecule has 7 nitrogen and oxygen atoms in total. The van der Waals surface area contributed by atoms with Gasteiger partial charge in [-0.2, -0.15) is 0 Å². The third-order valence-corrected chi connectivity index (χ3v) is 8.04. The Bertz CT molecular complexity index is 1160. The molecular formula is C29H43N3O4S. The van der Waals surface area contributed by atoms with Gasteiger partial charge in [-0.1, -0.05) is 55.8 Å². The average Bonchev–Trinajstić information content (AvgIpc) is 2.84. The van der Waals surface area contributed by atoms with Gasteiger partial charge >= 0.3 is 0 Å². The number of nitrogens with zero attached hydrogens (tertiary/aromatic N) is 2. The van der Waals surface area contributed by atoms with E-state index in [2.05, 4.69) is 5.32 Å². The molecule has 0 radical (unpaired) electrons. The molecule has 0 aliphatic heterocycles. The molecule has 0 aromatic heterocycles. The van der Waals surface area contributed by atoms with E-state index in [0.717, 1.165) is 28.7 Å². The van der Waals surface area contributed by atoms with Crippen LogP contribution >= 0.6 is 0 Å². The molecule has 0 aliphatic rings. The molecule has 0 aliphatic carbocycles. The first kappa shape index (κ1) is 30.4. The quantitative estimate of drug-likeness (QED) is 0.401. The maximum absolute atomic E-state index is 13.5. The molecule has 37 heavy (non-hydrogen) atoms. The minimum Gasteiger partial charge on any atom is -0.352 e. The van der Waals surface area contributed by atoms with E-state index in [0.29, 0.717) is 25.1 Å². The summed E-state index contributed by atoms with van der Waals surface area (Å²) in [5.41, 5.74) is 4.60. The van der Waals surface area contributed by atoms with E-state index < -0.39 is 16.1 Å². The zero-order chi connectivity index (χ0) is 27.8. The van der Waals surface area contributed by atoms with Gasteiger partial charge < -0.3 is 10.2 Å². The second kappa shape index (κ2) is 13.6. The molecule has 2 rings (SSSR count). The van der Waals surface area contributed by atoms with Crippen LogP contribution < -0.4 is 9.62 Å². The first-order valence-corrected chi connectivity index (χ1v) is 14.9. The van der Waals surface area contributed by atoms with Gasteiger partial charge in [-0.3, -0.25) is 13.9 Å². The van der Waals surface area contributed by atoms with Gasteiger partial charge in [-0.15, -0.1) is 0 Å². The number of anilines is 1. The SMILES string of the molecule is CC[C@@H](C)NC(=O)[C@@H](CC)N(Cc1ccc(C)cc1)C(=O)CCCN(c1cccc(C)c1C)S(C)(=O)=O. The number of nitrogens with one attached hydrogen (secondary N) is 1. The van der Waals surface area contributed by atoms with Gasteiger partial charge in [-0.25, -0.2) is 8.42 Å². The molecule has 0 saturated heterocycles. The summed E-state index contributed by atoms with van der Waals surface area (Å²) in [6.07, 6.45) is 2.95. The van der Waals surface area contributed by atoms with Crippen LogP contribution in [0, 0.1) is 20.8 Å². The van der Waals surface area contributed by atoms with Crippen LogP contribution in [0.1, 0.15) is 68.7 Å². The Balaban J connectivity index is 2.25. The highest BCUT2D eigenvalue weighted by atomic mass is 32.2. The van der Waals surface area contributed by atoms with Crippen molar-refractivity contribution in [1.29, 1.82) is 0 Å². The molecule has 0 bridgehead atoms. The van der Waals surface area contributed by atoms with Crippen molar-refractivity contribution >= 4 is 27.5 Å². The summed E-state index contributed by atoms with van der Waals surface area (Å²) in [6, 6.07) is 12.9. The van der Waals surface area contributed by atoms with Crippen molar-refractivity contribution in [1.82, 2.24) is 10.2 Å². The van der Waals surface area contributed by atoms with Crippen LogP contribution in [-0.2, 0) is 26.2 Å². The zero-order valence-electron chi connectivity index (χ0n) is 23.4. The Morgan fingerprint density at radius 1 is 0.973 bits per heavy atom. The zero-order valence-corrected chi connectivity index (χ0v) is 24.2. The molecule has 1 N–H and O–H groups in total. The number of sulfonamides is 1. The van der Waals surface area contributed by atoms with Crippen molar-refractivity contribution in [3.05, 3.63) is 64.7 Å². The monoisotopic (exact) mass is 529 g/mol. The Morgan fingerprint density at radius 3 is 2.19 bits per heavy atom. The summed E-state index contributed by atoms with van der Waals surface area (Å²) < 4.78 is 26.6. The van der Waals surface area contributed by atoms with Crippen LogP contribution in [0.2, 0.25) is 0 Å². The van der Waals surface area contributed by atoms with Crippen LogP contribution in [0.25, 0.3) is 0 Å². The molecule has 8 heteroatoms. The Hall–Kier alpha value is -2.87. The Labute approximate surface area is 223 Å². The molecule has 0 unspecified atom stereocenters. The molecule has 2 amide bonds. The number of amides is 2. The lowest BCUT2D eigenvalue weighted by molar-refractivity contribution is -0.141. The normalized spacial score (nSPS) is 13.1. The molecule has 0 spiro atoms. The number of benzene rings is 2. The molecule has 0 saturated carbocycles. The van der Waals surface area contributed by atoms with Crippen molar-refractivity contribution in [2.24, 2.45) is 0 Å². The van der Waals surface area contributed by atoms with Crippen LogP contribution in [-0.4, -0.2) is 50.0 Å². The molecule has 2 aromatic rings. The summed E-state index contributed by atoms with van der Waals surface area (Å²) in [6.45, 7) is 12.2. The summed E-state index contributed by atoms with van der Waals surface area (Å²) in [7, 11) is -3.53. The van der Waals surface area contributed by atoms with Crippen molar-refractivity contribution in [2.45, 2.75) is 85.9 Å². The average molecular weight is 530 g/mol. The first-order chi connectivity index (χ1) is 17.4. The van der Waals surface area contributed by atoms with Gasteiger partial charge in [0.2, 0.25) is 21.8 Å². The van der Waals surface area contributed by atoms with Crippen molar-refractivity contribution in [2.75, 3.05) is 17.1 Å². The molecule has 0 fully saturated rings. The van der Waals surface area contributed by atoms with Crippen LogP contribution in [0.5, 0.6) is 0 Å². The minimum absolute atomic E-state index is 0.0127. The van der Waals surface area contributed by atoms with E-state index in [1.807, 2.05) is 77.9 Å². The number of carbonyl (C=O) groups is 2. The van der Waals surface area contributed by atoms with Gasteiger partial charge in [0.05, 0.1) is 11.9 Å². The fourth-order valence-corrected chi connectivity index (χ4v) is 5.25. The molecule has 0 heterocycles. The Kier molecular flexibility index (Phi) is 11.2. The maximum Gasteiger partial charge on any atom is 0.243 e. The first-order valence-electron chi connectivity index (χ1n) is 13.1. The van der Waals surface area contributed by atoms with E-state index in [1.165, 1.54) is 10.6 Å². The molecular weight excluding hydrogens is 486 g/mol. The fourth-order valence-electron chi connectivity index (χ4n) is 4.24. The van der Waals surface area contributed by atoms with Gasteiger partial charge in [0.25, 0.3) is 0 Å². The summed E-state index contributed by atoms with van der Waals surface area (Å²) in [5.74, 6) is -0.327. The number of rotatable bonds is 13. The number of hydrogen-bond donors (Lipinski definition) is 1. The topological polar surface area (TPSA) is 86.8 Å². The molecule has 2 aromatic carbocycles. The fraction of sp³-hybridized carbons (Fsp3) is 0.517. The second-order valence-corrected chi connectivity index (χ2v) is 11.8. The molecule has 2 atom stereocenters. The van der Waals surface area contributed by atoms with Gasteiger partial charge in [-0.05, 0) is 69.7 Å². The minimum atomic E-state index is -3.53. The van der Waals surface area contributed by atoms with Crippen molar-refractivity contribution in [3.8, 4) is 0 Å². The van der Waals surface area contributed by atoms with Gasteiger partial charge in [0, 0.05) is 25.6 Å². The summed E-state index contributed by atoms with van der Waals surface area (Å²) in [4.78, 5) is 28.3. The highest BCUT2D eigenvalue weighted by Gasteiger charge is 2.29. The van der Waals surface area contributed by atoms with E-state index in [4.69, 9.17) is 0 Å². The van der Waals surface area contributed by atoms with E-state index in [9.17, 15) is 18.0 Å². The van der Waals surface area contributed by atoms with Crippen molar-refractivity contribution < 1.29 is 18.0 Å². The highest BCUT2D eigenvalue weighted by molar-refractivity contribution is 7.92. The predicted molar refractivity (Wildman–Crippen MR) is 151 cm³/mol. The summed E-state index contributed by atoms with van der Waals surface area (Å²) in [5, 5.41) is 3.02. The van der Waals surface area contributed by atoms with E-state index >= 15 is 0 Å². The number of hydrogen-bond acceptors (Lipinski definition) is 4. The largest absolute Gasteiger partial charge is 0.352 e. The molecule has 204 valence electrons. The third-order valence-electron chi connectivity index (χ3n) is 6.86. The highest BCUT2D eigenvalue weighted by Crippen LogP contribution is 2.25. The number of aryl methyl sites for hydroxylation is 2. The van der Waals surface area contributed by atoms with Gasteiger partial charge in [0.15, 0.2) is 0 Å². The summed E-state index contributed by atoms with van der Waals surface area (Å²) >= 11 is 0. The van der Waals surface area contributed by atoms with Crippen LogP contribution in [0.15, 0.2) is 42.5 Å². The maximum atomic E-state index is 13.5. The second-order valence-electron chi connectivity index (χ2n) is 9.91. The standard InChI is InChI=1S/C29H43N3O4S/c1-8-23(5)30-29(34)26(9-2)31(20-25-17-15-21(3)16-18-25)28(33)14-11-19-32(37(7,35)36)27-13-10-12-22(4)24(27)6/h10,12-13,15-18,23,26H,8-9,11,14,19-20H2,1-7H3,(H,30,34)/t23-,26-/m1/s1. The predicted octanol–water partition coefficient (Wildman–Crippen LogP) is 4.88. The lowest BCUT2D eigenvalue weighted by atomic mass is 10.1. The third kappa shape index (κ3) is 8.59. The Morgan fingerprint density at radius 2 is 1.62 bits per heavy atom. The van der Waals surface area contributed by atoms with Crippen molar-refractivity contribution in [3.63, 3.8) is 0 Å².